The first-order valence-electron chi connectivity index (χ1n) is 7.62. The lowest BCUT2D eigenvalue weighted by molar-refractivity contribution is 0.242. The summed E-state index contributed by atoms with van der Waals surface area (Å²) in [6.45, 7) is 4.05. The van der Waals surface area contributed by atoms with Crippen LogP contribution in [0.25, 0.3) is 11.0 Å². The SMILES string of the molecule is CC(C)Oc1ccc(S(=O)(=O)NCc2ccc3nc[nH]c3c2)cc1. The summed E-state index contributed by atoms with van der Waals surface area (Å²) in [7, 11) is -3.57. The van der Waals surface area contributed by atoms with Gasteiger partial charge in [-0.1, -0.05) is 6.07 Å². The number of ether oxygens (including phenoxy) is 1. The molecule has 0 spiro atoms. The molecule has 24 heavy (non-hydrogen) atoms. The van der Waals surface area contributed by atoms with E-state index in [1.54, 1.807) is 18.5 Å². The normalized spacial score (nSPS) is 12.0. The van der Waals surface area contributed by atoms with Crippen molar-refractivity contribution in [3.8, 4) is 5.75 Å². The van der Waals surface area contributed by atoms with E-state index in [1.807, 2.05) is 32.0 Å². The van der Waals surface area contributed by atoms with Crippen LogP contribution in [-0.2, 0) is 16.6 Å². The molecule has 2 aromatic carbocycles. The minimum atomic E-state index is -3.57. The average Bonchev–Trinajstić information content (AvgIpc) is 3.00. The molecule has 2 N–H and O–H groups in total. The molecule has 0 aliphatic rings. The molecule has 0 bridgehead atoms. The Labute approximate surface area is 140 Å². The molecular weight excluding hydrogens is 326 g/mol. The number of fused-ring (bicyclic) bond motifs is 1. The molecule has 1 aromatic heterocycles. The number of rotatable bonds is 6. The van der Waals surface area contributed by atoms with Gasteiger partial charge >= 0.3 is 0 Å². The summed E-state index contributed by atoms with van der Waals surface area (Å²) in [5.74, 6) is 0.647. The monoisotopic (exact) mass is 345 g/mol. The molecular formula is C17H19N3O3S. The molecule has 3 rings (SSSR count). The standard InChI is InChI=1S/C17H19N3O3S/c1-12(2)23-14-4-6-15(7-5-14)24(21,22)20-10-13-3-8-16-17(9-13)19-11-18-16/h3-9,11-12,20H,10H2,1-2H3,(H,18,19). The topological polar surface area (TPSA) is 84.1 Å². The zero-order valence-electron chi connectivity index (χ0n) is 13.5. The van der Waals surface area contributed by atoms with Crippen molar-refractivity contribution < 1.29 is 13.2 Å². The van der Waals surface area contributed by atoms with Gasteiger partial charge < -0.3 is 9.72 Å². The second kappa shape index (κ2) is 6.62. The maximum absolute atomic E-state index is 12.4. The molecule has 7 heteroatoms. The Bertz CT molecular complexity index is 931. The number of nitrogens with zero attached hydrogens (tertiary/aromatic N) is 1. The molecule has 6 nitrogen and oxygen atoms in total. The third-order valence-corrected chi connectivity index (χ3v) is 4.87. The van der Waals surface area contributed by atoms with Crippen LogP contribution in [0.15, 0.2) is 53.7 Å². The lowest BCUT2D eigenvalue weighted by Crippen LogP contribution is -2.23. The number of hydrogen-bond donors (Lipinski definition) is 2. The van der Waals surface area contributed by atoms with Gasteiger partial charge in [-0.2, -0.15) is 0 Å². The van der Waals surface area contributed by atoms with Crippen LogP contribution >= 0.6 is 0 Å². The fraction of sp³-hybridized carbons (Fsp3) is 0.235. The Morgan fingerprint density at radius 2 is 1.92 bits per heavy atom. The summed E-state index contributed by atoms with van der Waals surface area (Å²) < 4.78 is 32.9. The van der Waals surface area contributed by atoms with Crippen molar-refractivity contribution in [2.75, 3.05) is 0 Å². The average molecular weight is 345 g/mol. The van der Waals surface area contributed by atoms with E-state index in [0.717, 1.165) is 16.6 Å². The van der Waals surface area contributed by atoms with Crippen LogP contribution in [-0.4, -0.2) is 24.5 Å². The molecule has 0 saturated carbocycles. The van der Waals surface area contributed by atoms with E-state index in [9.17, 15) is 8.42 Å². The zero-order valence-corrected chi connectivity index (χ0v) is 14.3. The fourth-order valence-corrected chi connectivity index (χ4v) is 3.34. The maximum atomic E-state index is 12.4. The summed E-state index contributed by atoms with van der Waals surface area (Å²) in [6, 6.07) is 12.0. The number of nitrogens with one attached hydrogen (secondary N) is 2. The third-order valence-electron chi connectivity index (χ3n) is 3.46. The number of imidazole rings is 1. The van der Waals surface area contributed by atoms with Crippen molar-refractivity contribution in [3.63, 3.8) is 0 Å². The summed E-state index contributed by atoms with van der Waals surface area (Å²) in [5, 5.41) is 0. The first kappa shape index (κ1) is 16.5. The number of aromatic amines is 1. The quantitative estimate of drug-likeness (QED) is 0.719. The minimum absolute atomic E-state index is 0.0444. The van der Waals surface area contributed by atoms with Crippen LogP contribution in [0.4, 0.5) is 0 Å². The zero-order chi connectivity index (χ0) is 17.2. The van der Waals surface area contributed by atoms with Crippen molar-refractivity contribution in [2.24, 2.45) is 0 Å². The van der Waals surface area contributed by atoms with Gasteiger partial charge in [0.25, 0.3) is 0 Å². The second-order valence-electron chi connectivity index (χ2n) is 5.72. The molecule has 1 heterocycles. The summed E-state index contributed by atoms with van der Waals surface area (Å²) >= 11 is 0. The van der Waals surface area contributed by atoms with E-state index in [-0.39, 0.29) is 17.5 Å². The summed E-state index contributed by atoms with van der Waals surface area (Å²) in [5.41, 5.74) is 2.58. The van der Waals surface area contributed by atoms with Crippen LogP contribution in [0.2, 0.25) is 0 Å². The van der Waals surface area contributed by atoms with Crippen molar-refractivity contribution in [1.82, 2.24) is 14.7 Å². The van der Waals surface area contributed by atoms with Crippen LogP contribution in [0, 0.1) is 0 Å². The lowest BCUT2D eigenvalue weighted by atomic mass is 10.2. The molecule has 0 aliphatic carbocycles. The van der Waals surface area contributed by atoms with Crippen LogP contribution in [0.3, 0.4) is 0 Å². The van der Waals surface area contributed by atoms with E-state index in [0.29, 0.717) is 5.75 Å². The molecule has 126 valence electrons. The molecule has 0 fully saturated rings. The van der Waals surface area contributed by atoms with Gasteiger partial charge in [-0.3, -0.25) is 0 Å². The predicted octanol–water partition coefficient (Wildman–Crippen LogP) is 2.83. The highest BCUT2D eigenvalue weighted by Crippen LogP contribution is 2.18. The number of sulfonamides is 1. The highest BCUT2D eigenvalue weighted by atomic mass is 32.2. The lowest BCUT2D eigenvalue weighted by Gasteiger charge is -2.11. The van der Waals surface area contributed by atoms with E-state index < -0.39 is 10.0 Å². The molecule has 0 unspecified atom stereocenters. The Kier molecular flexibility index (Phi) is 4.55. The predicted molar refractivity (Wildman–Crippen MR) is 92.3 cm³/mol. The minimum Gasteiger partial charge on any atom is -0.491 e. The van der Waals surface area contributed by atoms with Crippen molar-refractivity contribution in [1.29, 1.82) is 0 Å². The Morgan fingerprint density at radius 1 is 1.17 bits per heavy atom. The van der Waals surface area contributed by atoms with Gasteiger partial charge in [0.2, 0.25) is 10.0 Å². The third kappa shape index (κ3) is 3.74. The molecule has 0 atom stereocenters. The number of H-pyrrole nitrogens is 1. The van der Waals surface area contributed by atoms with Crippen molar-refractivity contribution in [2.45, 2.75) is 31.4 Å². The van der Waals surface area contributed by atoms with E-state index in [4.69, 9.17) is 4.74 Å². The van der Waals surface area contributed by atoms with Gasteiger partial charge in [-0.05, 0) is 55.8 Å². The van der Waals surface area contributed by atoms with Crippen LogP contribution in [0.1, 0.15) is 19.4 Å². The highest BCUT2D eigenvalue weighted by Gasteiger charge is 2.14. The Hall–Kier alpha value is -2.38. The maximum Gasteiger partial charge on any atom is 0.240 e. The van der Waals surface area contributed by atoms with E-state index in [2.05, 4.69) is 14.7 Å². The van der Waals surface area contributed by atoms with Gasteiger partial charge in [0, 0.05) is 6.54 Å². The second-order valence-corrected chi connectivity index (χ2v) is 7.48. The van der Waals surface area contributed by atoms with Crippen molar-refractivity contribution in [3.05, 3.63) is 54.4 Å². The fourth-order valence-electron chi connectivity index (χ4n) is 2.32. The van der Waals surface area contributed by atoms with Crippen molar-refractivity contribution >= 4 is 21.1 Å². The van der Waals surface area contributed by atoms with E-state index in [1.165, 1.54) is 12.1 Å². The Morgan fingerprint density at radius 3 is 2.62 bits per heavy atom. The molecule has 3 aromatic rings. The van der Waals surface area contributed by atoms with Gasteiger partial charge in [0.1, 0.15) is 5.75 Å². The Balaban J connectivity index is 1.70. The number of aromatic nitrogens is 2. The first-order valence-corrected chi connectivity index (χ1v) is 9.11. The largest absolute Gasteiger partial charge is 0.491 e. The van der Waals surface area contributed by atoms with Gasteiger partial charge in [-0.25, -0.2) is 18.1 Å². The van der Waals surface area contributed by atoms with Gasteiger partial charge in [0.15, 0.2) is 0 Å². The number of hydrogen-bond acceptors (Lipinski definition) is 4. The summed E-state index contributed by atoms with van der Waals surface area (Å²) in [6.07, 6.45) is 1.65. The first-order chi connectivity index (χ1) is 11.4. The molecule has 0 aliphatic heterocycles. The number of benzene rings is 2. The van der Waals surface area contributed by atoms with E-state index >= 15 is 0 Å². The molecule has 0 amide bonds. The van der Waals surface area contributed by atoms with Crippen LogP contribution in [0.5, 0.6) is 5.75 Å². The van der Waals surface area contributed by atoms with Gasteiger partial charge in [0.05, 0.1) is 28.4 Å². The van der Waals surface area contributed by atoms with Gasteiger partial charge in [-0.15, -0.1) is 0 Å². The molecule has 0 saturated heterocycles. The summed E-state index contributed by atoms with van der Waals surface area (Å²) in [4.78, 5) is 7.36. The highest BCUT2D eigenvalue weighted by molar-refractivity contribution is 7.89. The van der Waals surface area contributed by atoms with Crippen LogP contribution < -0.4 is 9.46 Å². The smallest absolute Gasteiger partial charge is 0.240 e. The molecule has 0 radical (unpaired) electrons.